The van der Waals surface area contributed by atoms with E-state index in [1.807, 2.05) is 39.8 Å². The number of aromatic nitrogens is 1. The molecule has 0 amide bonds. The third-order valence-corrected chi connectivity index (χ3v) is 1.09. The summed E-state index contributed by atoms with van der Waals surface area (Å²) in [7, 11) is 0. The third-order valence-electron chi connectivity index (χ3n) is 1.09. The van der Waals surface area contributed by atoms with Crippen LogP contribution in [0.4, 0.5) is 5.82 Å². The van der Waals surface area contributed by atoms with E-state index < -0.39 is 0 Å². The fraction of sp³-hybridized carbons (Fsp3) is 0.364. The molecule has 0 aliphatic heterocycles. The molecule has 0 saturated carbocycles. The molecule has 0 atom stereocenters. The summed E-state index contributed by atoms with van der Waals surface area (Å²) in [5, 5.41) is 0. The van der Waals surface area contributed by atoms with E-state index in [0.29, 0.717) is 5.82 Å². The van der Waals surface area contributed by atoms with E-state index in [4.69, 9.17) is 5.73 Å². The Morgan fingerprint density at radius 3 is 2.15 bits per heavy atom. The molecule has 0 saturated heterocycles. The highest BCUT2D eigenvalue weighted by Crippen LogP contribution is 2.06. The van der Waals surface area contributed by atoms with Gasteiger partial charge in [-0.15, -0.1) is 0 Å². The second kappa shape index (κ2) is 10.7. The topological polar surface area (TPSA) is 38.9 Å². The molecule has 2 nitrogen and oxygen atoms in total. The summed E-state index contributed by atoms with van der Waals surface area (Å²) in [6.45, 7) is 11.6. The van der Waals surface area contributed by atoms with Crippen LogP contribution >= 0.6 is 0 Å². The Hall–Kier alpha value is -1.31. The zero-order valence-electron chi connectivity index (χ0n) is 9.04. The van der Waals surface area contributed by atoms with Crippen LogP contribution in [0.25, 0.3) is 6.08 Å². The van der Waals surface area contributed by atoms with Crippen molar-refractivity contribution in [2.45, 2.75) is 27.7 Å². The molecule has 2 heteroatoms. The van der Waals surface area contributed by atoms with E-state index in [0.717, 1.165) is 5.56 Å². The smallest absolute Gasteiger partial charge is 0.130 e. The largest absolute Gasteiger partial charge is 0.383 e. The molecule has 2 N–H and O–H groups in total. The van der Waals surface area contributed by atoms with E-state index in [1.54, 1.807) is 12.3 Å². The van der Waals surface area contributed by atoms with Gasteiger partial charge in [-0.25, -0.2) is 4.98 Å². The second-order valence-corrected chi connectivity index (χ2v) is 1.68. The van der Waals surface area contributed by atoms with Crippen molar-refractivity contribution in [3.8, 4) is 0 Å². The Morgan fingerprint density at radius 1 is 1.31 bits per heavy atom. The van der Waals surface area contributed by atoms with Crippen LogP contribution in [0, 0.1) is 0 Å². The van der Waals surface area contributed by atoms with E-state index in [2.05, 4.69) is 11.6 Å². The Morgan fingerprint density at radius 2 is 1.85 bits per heavy atom. The molecule has 1 heterocycles. The number of nitrogen functional groups attached to an aromatic ring is 1. The lowest BCUT2D eigenvalue weighted by molar-refractivity contribution is 1.33. The van der Waals surface area contributed by atoms with Crippen LogP contribution < -0.4 is 5.73 Å². The molecule has 0 aromatic carbocycles. The van der Waals surface area contributed by atoms with Crippen LogP contribution in [-0.4, -0.2) is 4.98 Å². The quantitative estimate of drug-likeness (QED) is 0.719. The molecule has 0 aliphatic carbocycles. The van der Waals surface area contributed by atoms with E-state index in [-0.39, 0.29) is 0 Å². The third kappa shape index (κ3) is 5.91. The number of nitrogens with zero attached hydrogens (tertiary/aromatic N) is 1. The van der Waals surface area contributed by atoms with Crippen molar-refractivity contribution in [1.82, 2.24) is 4.98 Å². The van der Waals surface area contributed by atoms with Crippen molar-refractivity contribution in [3.63, 3.8) is 0 Å². The predicted molar refractivity (Wildman–Crippen MR) is 61.4 cm³/mol. The first kappa shape index (κ1) is 14.2. The summed E-state index contributed by atoms with van der Waals surface area (Å²) >= 11 is 0. The number of hydrogen-bond donors (Lipinski definition) is 1. The van der Waals surface area contributed by atoms with Crippen LogP contribution in [0.15, 0.2) is 24.9 Å². The molecule has 1 aromatic rings. The SMILES string of the molecule is C=Cc1cccnc1N.CC.CC. The van der Waals surface area contributed by atoms with Crippen molar-refractivity contribution in [2.24, 2.45) is 0 Å². The fourth-order valence-electron chi connectivity index (χ4n) is 0.603. The molecule has 0 bridgehead atoms. The molecule has 0 spiro atoms. The minimum absolute atomic E-state index is 0.535. The number of hydrogen-bond acceptors (Lipinski definition) is 2. The summed E-state index contributed by atoms with van der Waals surface area (Å²) < 4.78 is 0. The number of pyridine rings is 1. The summed E-state index contributed by atoms with van der Waals surface area (Å²) in [6, 6.07) is 3.70. The van der Waals surface area contributed by atoms with Crippen LogP contribution in [0.1, 0.15) is 33.3 Å². The highest BCUT2D eigenvalue weighted by atomic mass is 14.8. The number of nitrogens with two attached hydrogens (primary N) is 1. The van der Waals surface area contributed by atoms with E-state index in [1.165, 1.54) is 0 Å². The zero-order chi connectivity index (χ0) is 10.7. The summed E-state index contributed by atoms with van der Waals surface area (Å²) in [5.74, 6) is 0.535. The van der Waals surface area contributed by atoms with E-state index >= 15 is 0 Å². The normalized spacial score (nSPS) is 7.08. The molecule has 0 fully saturated rings. The van der Waals surface area contributed by atoms with Gasteiger partial charge in [0.2, 0.25) is 0 Å². The average Bonchev–Trinajstić information content (AvgIpc) is 2.24. The molecule has 1 rings (SSSR count). The molecule has 74 valence electrons. The fourth-order valence-corrected chi connectivity index (χ4v) is 0.603. The maximum absolute atomic E-state index is 5.45. The highest BCUT2D eigenvalue weighted by molar-refractivity contribution is 5.58. The second-order valence-electron chi connectivity index (χ2n) is 1.68. The summed E-state index contributed by atoms with van der Waals surface area (Å²) in [4.78, 5) is 3.86. The molecule has 13 heavy (non-hydrogen) atoms. The van der Waals surface area contributed by atoms with Crippen LogP contribution in [0.5, 0.6) is 0 Å². The van der Waals surface area contributed by atoms with Gasteiger partial charge in [0, 0.05) is 11.8 Å². The summed E-state index contributed by atoms with van der Waals surface area (Å²) in [5.41, 5.74) is 6.34. The maximum atomic E-state index is 5.45. The molecule has 0 aliphatic rings. The first-order chi connectivity index (χ1) is 6.34. The Kier molecular flexibility index (Phi) is 11.7. The minimum atomic E-state index is 0.535. The molecular weight excluding hydrogens is 160 g/mol. The lowest BCUT2D eigenvalue weighted by Gasteiger charge is -1.94. The highest BCUT2D eigenvalue weighted by Gasteiger charge is 1.89. The average molecular weight is 180 g/mol. The van der Waals surface area contributed by atoms with Gasteiger partial charge in [0.1, 0.15) is 5.82 Å². The van der Waals surface area contributed by atoms with Crippen molar-refractivity contribution >= 4 is 11.9 Å². The zero-order valence-corrected chi connectivity index (χ0v) is 9.04. The minimum Gasteiger partial charge on any atom is -0.383 e. The van der Waals surface area contributed by atoms with Gasteiger partial charge in [0.05, 0.1) is 0 Å². The Bertz CT molecular complexity index is 219. The van der Waals surface area contributed by atoms with Gasteiger partial charge in [0.25, 0.3) is 0 Å². The van der Waals surface area contributed by atoms with Crippen molar-refractivity contribution in [3.05, 3.63) is 30.5 Å². The Labute approximate surface area is 81.5 Å². The van der Waals surface area contributed by atoms with E-state index in [9.17, 15) is 0 Å². The van der Waals surface area contributed by atoms with Crippen molar-refractivity contribution in [2.75, 3.05) is 5.73 Å². The monoisotopic (exact) mass is 180 g/mol. The first-order valence-electron chi connectivity index (χ1n) is 4.67. The Balaban J connectivity index is 0. The van der Waals surface area contributed by atoms with Gasteiger partial charge in [-0.3, -0.25) is 0 Å². The van der Waals surface area contributed by atoms with Gasteiger partial charge in [-0.2, -0.15) is 0 Å². The van der Waals surface area contributed by atoms with Crippen LogP contribution in [0.2, 0.25) is 0 Å². The van der Waals surface area contributed by atoms with Crippen molar-refractivity contribution < 1.29 is 0 Å². The van der Waals surface area contributed by atoms with Crippen LogP contribution in [0.3, 0.4) is 0 Å². The molecule has 1 aromatic heterocycles. The number of rotatable bonds is 1. The summed E-state index contributed by atoms with van der Waals surface area (Å²) in [6.07, 6.45) is 3.34. The van der Waals surface area contributed by atoms with Gasteiger partial charge in [0.15, 0.2) is 0 Å². The van der Waals surface area contributed by atoms with Gasteiger partial charge in [-0.1, -0.05) is 40.3 Å². The molecular formula is C11H20N2. The lowest BCUT2D eigenvalue weighted by atomic mass is 10.2. The number of anilines is 1. The maximum Gasteiger partial charge on any atom is 0.130 e. The predicted octanol–water partition coefficient (Wildman–Crippen LogP) is 3.36. The van der Waals surface area contributed by atoms with Crippen molar-refractivity contribution in [1.29, 1.82) is 0 Å². The van der Waals surface area contributed by atoms with Crippen LogP contribution in [-0.2, 0) is 0 Å². The lowest BCUT2D eigenvalue weighted by Crippen LogP contribution is -1.91. The van der Waals surface area contributed by atoms with Gasteiger partial charge >= 0.3 is 0 Å². The standard InChI is InChI=1S/C7H8N2.2C2H6/c1-2-6-4-3-5-9-7(6)8;2*1-2/h2-5H,1H2,(H2,8,9);2*1-2H3. The molecule has 0 radical (unpaired) electrons. The van der Waals surface area contributed by atoms with Gasteiger partial charge < -0.3 is 5.73 Å². The first-order valence-corrected chi connectivity index (χ1v) is 4.67. The van der Waals surface area contributed by atoms with Gasteiger partial charge in [-0.05, 0) is 12.1 Å². The molecule has 0 unspecified atom stereocenters.